The first-order chi connectivity index (χ1) is 7.95. The SMILES string of the molecule is CN(C)C(=O)CN(C)C(=O)[C@@H]1CC[C@H](CN)O1.Cl. The van der Waals surface area contributed by atoms with E-state index in [1.807, 2.05) is 0 Å². The maximum atomic E-state index is 12.0. The molecule has 0 aromatic carbocycles. The average Bonchev–Trinajstić information content (AvgIpc) is 2.76. The van der Waals surface area contributed by atoms with E-state index in [2.05, 4.69) is 0 Å². The Hall–Kier alpha value is -0.850. The van der Waals surface area contributed by atoms with E-state index < -0.39 is 6.10 Å². The predicted octanol–water partition coefficient (Wildman–Crippen LogP) is -0.539. The standard InChI is InChI=1S/C11H21N3O3.ClH/c1-13(2)10(15)7-14(3)11(16)9-5-4-8(6-12)17-9;/h8-9H,4-7,12H2,1-3H3;1H/t8-,9+;/m1./s1. The number of carbonyl (C=O) groups excluding carboxylic acids is 2. The maximum absolute atomic E-state index is 12.0. The Kier molecular flexibility index (Phi) is 7.20. The topological polar surface area (TPSA) is 75.9 Å². The van der Waals surface area contributed by atoms with E-state index in [9.17, 15) is 9.59 Å². The normalized spacial score (nSPS) is 22.2. The van der Waals surface area contributed by atoms with Gasteiger partial charge in [0.1, 0.15) is 6.10 Å². The molecule has 0 aliphatic carbocycles. The minimum atomic E-state index is -0.441. The monoisotopic (exact) mass is 279 g/mol. The van der Waals surface area contributed by atoms with Crippen LogP contribution >= 0.6 is 12.4 Å². The third-order valence-electron chi connectivity index (χ3n) is 2.89. The first-order valence-electron chi connectivity index (χ1n) is 5.76. The van der Waals surface area contributed by atoms with Crippen molar-refractivity contribution in [2.24, 2.45) is 5.73 Å². The van der Waals surface area contributed by atoms with Crippen molar-refractivity contribution in [2.45, 2.75) is 25.0 Å². The highest BCUT2D eigenvalue weighted by Gasteiger charge is 2.32. The molecule has 1 rings (SSSR count). The summed E-state index contributed by atoms with van der Waals surface area (Å²) >= 11 is 0. The van der Waals surface area contributed by atoms with Gasteiger partial charge in [0.25, 0.3) is 5.91 Å². The molecule has 0 radical (unpaired) electrons. The van der Waals surface area contributed by atoms with Crippen molar-refractivity contribution >= 4 is 24.2 Å². The molecule has 106 valence electrons. The quantitative estimate of drug-likeness (QED) is 0.750. The summed E-state index contributed by atoms with van der Waals surface area (Å²) in [4.78, 5) is 26.3. The minimum absolute atomic E-state index is 0. The zero-order chi connectivity index (χ0) is 13.0. The molecular weight excluding hydrogens is 258 g/mol. The minimum Gasteiger partial charge on any atom is -0.364 e. The summed E-state index contributed by atoms with van der Waals surface area (Å²) in [5, 5.41) is 0. The molecule has 0 unspecified atom stereocenters. The Bertz CT molecular complexity index is 299. The summed E-state index contributed by atoms with van der Waals surface area (Å²) in [7, 11) is 4.94. The van der Waals surface area contributed by atoms with E-state index >= 15 is 0 Å². The van der Waals surface area contributed by atoms with E-state index in [0.717, 1.165) is 6.42 Å². The van der Waals surface area contributed by atoms with Crippen molar-refractivity contribution < 1.29 is 14.3 Å². The number of nitrogens with zero attached hydrogens (tertiary/aromatic N) is 2. The summed E-state index contributed by atoms with van der Waals surface area (Å²) in [6.07, 6.45) is 1.02. The number of carbonyl (C=O) groups is 2. The fraction of sp³-hybridized carbons (Fsp3) is 0.818. The zero-order valence-corrected chi connectivity index (χ0v) is 11.9. The fourth-order valence-electron chi connectivity index (χ4n) is 1.73. The van der Waals surface area contributed by atoms with Crippen molar-refractivity contribution in [3.05, 3.63) is 0 Å². The third kappa shape index (κ3) is 4.44. The first kappa shape index (κ1) is 17.2. The molecule has 2 amide bonds. The van der Waals surface area contributed by atoms with E-state index in [1.165, 1.54) is 9.80 Å². The van der Waals surface area contributed by atoms with Gasteiger partial charge in [-0.15, -0.1) is 12.4 Å². The van der Waals surface area contributed by atoms with Crippen LogP contribution in [0.5, 0.6) is 0 Å². The molecule has 0 aromatic heterocycles. The molecule has 1 heterocycles. The molecular formula is C11H22ClN3O3. The van der Waals surface area contributed by atoms with Gasteiger partial charge in [-0.1, -0.05) is 0 Å². The Morgan fingerprint density at radius 2 is 1.89 bits per heavy atom. The van der Waals surface area contributed by atoms with Crippen LogP contribution in [0.2, 0.25) is 0 Å². The second-order valence-electron chi connectivity index (χ2n) is 4.54. The first-order valence-corrected chi connectivity index (χ1v) is 5.76. The van der Waals surface area contributed by atoms with Gasteiger partial charge in [0.15, 0.2) is 0 Å². The lowest BCUT2D eigenvalue weighted by Crippen LogP contribution is -2.42. The van der Waals surface area contributed by atoms with Crippen molar-refractivity contribution in [2.75, 3.05) is 34.2 Å². The van der Waals surface area contributed by atoms with Gasteiger partial charge in [-0.3, -0.25) is 9.59 Å². The highest BCUT2D eigenvalue weighted by atomic mass is 35.5. The van der Waals surface area contributed by atoms with Crippen LogP contribution < -0.4 is 5.73 Å². The summed E-state index contributed by atoms with van der Waals surface area (Å²) in [6.45, 7) is 0.517. The molecule has 6 nitrogen and oxygen atoms in total. The number of ether oxygens (including phenoxy) is 1. The van der Waals surface area contributed by atoms with Crippen molar-refractivity contribution in [1.29, 1.82) is 0 Å². The molecule has 0 aromatic rings. The fourth-order valence-corrected chi connectivity index (χ4v) is 1.73. The molecule has 1 fully saturated rings. The van der Waals surface area contributed by atoms with Gasteiger partial charge in [-0.05, 0) is 12.8 Å². The Balaban J connectivity index is 0.00000289. The van der Waals surface area contributed by atoms with Gasteiger partial charge >= 0.3 is 0 Å². The van der Waals surface area contributed by atoms with Crippen LogP contribution in [0.25, 0.3) is 0 Å². The van der Waals surface area contributed by atoms with Gasteiger partial charge in [-0.25, -0.2) is 0 Å². The second kappa shape index (κ2) is 7.56. The van der Waals surface area contributed by atoms with Gasteiger partial charge < -0.3 is 20.3 Å². The maximum Gasteiger partial charge on any atom is 0.251 e. The van der Waals surface area contributed by atoms with Crippen molar-refractivity contribution in [3.63, 3.8) is 0 Å². The van der Waals surface area contributed by atoms with Gasteiger partial charge in [0.05, 0.1) is 12.6 Å². The van der Waals surface area contributed by atoms with Crippen molar-refractivity contribution in [3.8, 4) is 0 Å². The van der Waals surface area contributed by atoms with Crippen LogP contribution in [0.15, 0.2) is 0 Å². The highest BCUT2D eigenvalue weighted by molar-refractivity contribution is 5.86. The number of likely N-dealkylation sites (N-methyl/N-ethyl adjacent to an activating group) is 2. The number of rotatable bonds is 4. The van der Waals surface area contributed by atoms with E-state index in [-0.39, 0.29) is 36.9 Å². The molecule has 1 aliphatic heterocycles. The van der Waals surface area contributed by atoms with Gasteiger partial charge in [-0.2, -0.15) is 0 Å². The molecule has 2 N–H and O–H groups in total. The summed E-state index contributed by atoms with van der Waals surface area (Å²) in [5.74, 6) is -0.245. The van der Waals surface area contributed by atoms with E-state index in [0.29, 0.717) is 13.0 Å². The molecule has 7 heteroatoms. The number of halogens is 1. The number of hydrogen-bond donors (Lipinski definition) is 1. The van der Waals surface area contributed by atoms with Crippen LogP contribution in [-0.2, 0) is 14.3 Å². The Morgan fingerprint density at radius 1 is 1.28 bits per heavy atom. The highest BCUT2D eigenvalue weighted by Crippen LogP contribution is 2.20. The van der Waals surface area contributed by atoms with E-state index in [1.54, 1.807) is 21.1 Å². The Labute approximate surface area is 114 Å². The van der Waals surface area contributed by atoms with Crippen molar-refractivity contribution in [1.82, 2.24) is 9.80 Å². The number of nitrogens with two attached hydrogens (primary N) is 1. The van der Waals surface area contributed by atoms with Crippen LogP contribution in [0, 0.1) is 0 Å². The molecule has 1 saturated heterocycles. The second-order valence-corrected chi connectivity index (χ2v) is 4.54. The average molecular weight is 280 g/mol. The molecule has 0 saturated carbocycles. The zero-order valence-electron chi connectivity index (χ0n) is 11.1. The molecule has 0 bridgehead atoms. The Morgan fingerprint density at radius 3 is 2.33 bits per heavy atom. The lowest BCUT2D eigenvalue weighted by Gasteiger charge is -2.22. The van der Waals surface area contributed by atoms with Crippen LogP contribution in [-0.4, -0.2) is 68.1 Å². The number of hydrogen-bond acceptors (Lipinski definition) is 4. The molecule has 18 heavy (non-hydrogen) atoms. The van der Waals surface area contributed by atoms with Crippen LogP contribution in [0.1, 0.15) is 12.8 Å². The largest absolute Gasteiger partial charge is 0.364 e. The van der Waals surface area contributed by atoms with E-state index in [4.69, 9.17) is 10.5 Å². The molecule has 2 atom stereocenters. The van der Waals surface area contributed by atoms with Gasteiger partial charge in [0.2, 0.25) is 5.91 Å². The van der Waals surface area contributed by atoms with Crippen LogP contribution in [0.4, 0.5) is 0 Å². The summed E-state index contributed by atoms with van der Waals surface area (Å²) in [5.41, 5.74) is 5.48. The lowest BCUT2D eigenvalue weighted by atomic mass is 10.2. The summed E-state index contributed by atoms with van der Waals surface area (Å²) in [6, 6.07) is 0. The van der Waals surface area contributed by atoms with Crippen LogP contribution in [0.3, 0.4) is 0 Å². The summed E-state index contributed by atoms with van der Waals surface area (Å²) < 4.78 is 5.49. The molecule has 1 aliphatic rings. The smallest absolute Gasteiger partial charge is 0.251 e. The number of amides is 2. The lowest BCUT2D eigenvalue weighted by molar-refractivity contribution is -0.145. The molecule has 0 spiro atoms. The van der Waals surface area contributed by atoms with Gasteiger partial charge in [0, 0.05) is 27.7 Å². The third-order valence-corrected chi connectivity index (χ3v) is 2.89. The predicted molar refractivity (Wildman–Crippen MR) is 70.5 cm³/mol.